The van der Waals surface area contributed by atoms with Crippen LogP contribution in [0.15, 0.2) is 0 Å². The molecule has 1 atom stereocenters. The van der Waals surface area contributed by atoms with Gasteiger partial charge in [-0.2, -0.15) is 0 Å². The summed E-state index contributed by atoms with van der Waals surface area (Å²) in [5.41, 5.74) is -0.504. The maximum absolute atomic E-state index is 11.9. The minimum atomic E-state index is -0.504. The second kappa shape index (κ2) is 5.38. The SMILES string of the molecule is COC(=O)C[C@@H]1CCCN1C(=O)OC(C)(C)C. The zero-order chi connectivity index (χ0) is 13.1. The van der Waals surface area contributed by atoms with E-state index in [1.165, 1.54) is 7.11 Å². The van der Waals surface area contributed by atoms with Crippen LogP contribution >= 0.6 is 0 Å². The normalized spacial score (nSPS) is 20.2. The van der Waals surface area contributed by atoms with Crippen molar-refractivity contribution in [2.45, 2.75) is 51.7 Å². The topological polar surface area (TPSA) is 55.8 Å². The van der Waals surface area contributed by atoms with Crippen molar-refractivity contribution < 1.29 is 19.1 Å². The smallest absolute Gasteiger partial charge is 0.410 e. The van der Waals surface area contributed by atoms with Gasteiger partial charge in [-0.1, -0.05) is 0 Å². The minimum Gasteiger partial charge on any atom is -0.469 e. The number of hydrogen-bond acceptors (Lipinski definition) is 4. The van der Waals surface area contributed by atoms with Crippen LogP contribution < -0.4 is 0 Å². The van der Waals surface area contributed by atoms with Crippen LogP contribution in [0.3, 0.4) is 0 Å². The Balaban J connectivity index is 2.57. The molecule has 0 unspecified atom stereocenters. The van der Waals surface area contributed by atoms with E-state index in [9.17, 15) is 9.59 Å². The van der Waals surface area contributed by atoms with E-state index in [1.54, 1.807) is 4.90 Å². The van der Waals surface area contributed by atoms with Gasteiger partial charge >= 0.3 is 12.1 Å². The van der Waals surface area contributed by atoms with Gasteiger partial charge in [0.25, 0.3) is 0 Å². The average Bonchev–Trinajstić information content (AvgIpc) is 2.63. The van der Waals surface area contributed by atoms with Gasteiger partial charge in [0.1, 0.15) is 5.60 Å². The van der Waals surface area contributed by atoms with Gasteiger partial charge in [-0.25, -0.2) is 4.79 Å². The summed E-state index contributed by atoms with van der Waals surface area (Å²) in [6.07, 6.45) is 1.63. The highest BCUT2D eigenvalue weighted by molar-refractivity contribution is 5.73. The summed E-state index contributed by atoms with van der Waals surface area (Å²) >= 11 is 0. The molecule has 17 heavy (non-hydrogen) atoms. The Morgan fingerprint density at radius 3 is 2.53 bits per heavy atom. The van der Waals surface area contributed by atoms with E-state index < -0.39 is 5.60 Å². The molecule has 0 aliphatic carbocycles. The quantitative estimate of drug-likeness (QED) is 0.695. The Morgan fingerprint density at radius 2 is 2.00 bits per heavy atom. The van der Waals surface area contributed by atoms with Crippen LogP contribution in [0.25, 0.3) is 0 Å². The maximum atomic E-state index is 11.9. The minimum absolute atomic E-state index is 0.0858. The first-order valence-corrected chi connectivity index (χ1v) is 5.90. The Bertz CT molecular complexity index is 295. The molecule has 1 saturated heterocycles. The lowest BCUT2D eigenvalue weighted by molar-refractivity contribution is -0.141. The fraction of sp³-hybridized carbons (Fsp3) is 0.833. The van der Waals surface area contributed by atoms with E-state index in [0.29, 0.717) is 6.54 Å². The summed E-state index contributed by atoms with van der Waals surface area (Å²) in [5, 5.41) is 0. The zero-order valence-corrected chi connectivity index (χ0v) is 11.0. The summed E-state index contributed by atoms with van der Waals surface area (Å²) < 4.78 is 9.93. The third-order valence-electron chi connectivity index (χ3n) is 2.64. The molecule has 0 saturated carbocycles. The van der Waals surface area contributed by atoms with E-state index in [1.807, 2.05) is 20.8 Å². The first-order chi connectivity index (χ1) is 7.83. The zero-order valence-electron chi connectivity index (χ0n) is 11.0. The predicted molar refractivity (Wildman–Crippen MR) is 62.6 cm³/mol. The Morgan fingerprint density at radius 1 is 1.35 bits per heavy atom. The summed E-state index contributed by atoms with van der Waals surface area (Å²) in [7, 11) is 1.36. The molecule has 1 aliphatic rings. The summed E-state index contributed by atoms with van der Waals surface area (Å²) in [6, 6.07) is -0.0858. The van der Waals surface area contributed by atoms with Crippen LogP contribution in [0.1, 0.15) is 40.0 Å². The molecule has 0 aromatic carbocycles. The number of carbonyl (C=O) groups is 2. The monoisotopic (exact) mass is 243 g/mol. The van der Waals surface area contributed by atoms with Gasteiger partial charge in [0.2, 0.25) is 0 Å². The fourth-order valence-corrected chi connectivity index (χ4v) is 1.88. The Labute approximate surface area is 102 Å². The molecular weight excluding hydrogens is 222 g/mol. The number of amides is 1. The molecule has 0 N–H and O–H groups in total. The summed E-state index contributed by atoms with van der Waals surface area (Å²) in [5.74, 6) is -0.287. The molecule has 0 aromatic heterocycles. The lowest BCUT2D eigenvalue weighted by Gasteiger charge is -2.28. The fourth-order valence-electron chi connectivity index (χ4n) is 1.88. The summed E-state index contributed by atoms with van der Waals surface area (Å²) in [6.45, 7) is 6.14. The highest BCUT2D eigenvalue weighted by Crippen LogP contribution is 2.23. The standard InChI is InChI=1S/C12H21NO4/c1-12(2,3)17-11(15)13-7-5-6-9(13)8-10(14)16-4/h9H,5-8H2,1-4H3/t9-/m0/s1. The van der Waals surface area contributed by atoms with Gasteiger partial charge in [-0.15, -0.1) is 0 Å². The molecule has 1 heterocycles. The number of rotatable bonds is 2. The number of carbonyl (C=O) groups excluding carboxylic acids is 2. The average molecular weight is 243 g/mol. The highest BCUT2D eigenvalue weighted by atomic mass is 16.6. The predicted octanol–water partition coefficient (Wildman–Crippen LogP) is 1.95. The number of esters is 1. The van der Waals surface area contributed by atoms with Gasteiger partial charge in [0.05, 0.1) is 13.5 Å². The molecule has 0 spiro atoms. The van der Waals surface area contributed by atoms with Crippen molar-refractivity contribution in [1.29, 1.82) is 0 Å². The lowest BCUT2D eigenvalue weighted by Crippen LogP contribution is -2.40. The van der Waals surface area contributed by atoms with Crippen molar-refractivity contribution in [3.05, 3.63) is 0 Å². The van der Waals surface area contributed by atoms with E-state index in [4.69, 9.17) is 4.74 Å². The molecule has 1 aliphatic heterocycles. The number of likely N-dealkylation sites (tertiary alicyclic amines) is 1. The van der Waals surface area contributed by atoms with Crippen LogP contribution in [-0.4, -0.2) is 42.3 Å². The van der Waals surface area contributed by atoms with Crippen molar-refractivity contribution in [1.82, 2.24) is 4.90 Å². The largest absolute Gasteiger partial charge is 0.469 e. The van der Waals surface area contributed by atoms with E-state index >= 15 is 0 Å². The van der Waals surface area contributed by atoms with Crippen LogP contribution in [0.2, 0.25) is 0 Å². The maximum Gasteiger partial charge on any atom is 0.410 e. The number of hydrogen-bond donors (Lipinski definition) is 0. The van der Waals surface area contributed by atoms with Gasteiger partial charge in [-0.3, -0.25) is 4.79 Å². The number of methoxy groups -OCH3 is 1. The van der Waals surface area contributed by atoms with Crippen molar-refractivity contribution in [2.75, 3.05) is 13.7 Å². The van der Waals surface area contributed by atoms with E-state index in [0.717, 1.165) is 12.8 Å². The van der Waals surface area contributed by atoms with E-state index in [-0.39, 0.29) is 24.5 Å². The number of nitrogens with zero attached hydrogens (tertiary/aromatic N) is 1. The molecule has 1 rings (SSSR count). The molecular formula is C12H21NO4. The van der Waals surface area contributed by atoms with Crippen LogP contribution in [0, 0.1) is 0 Å². The van der Waals surface area contributed by atoms with Crippen LogP contribution in [0.4, 0.5) is 4.79 Å². The van der Waals surface area contributed by atoms with Gasteiger partial charge in [0, 0.05) is 12.6 Å². The van der Waals surface area contributed by atoms with Crippen molar-refractivity contribution in [3.63, 3.8) is 0 Å². The third kappa shape index (κ3) is 4.24. The van der Waals surface area contributed by atoms with Gasteiger partial charge in [0.15, 0.2) is 0 Å². The molecule has 1 amide bonds. The second-order valence-electron chi connectivity index (χ2n) is 5.25. The van der Waals surface area contributed by atoms with Crippen molar-refractivity contribution >= 4 is 12.1 Å². The second-order valence-corrected chi connectivity index (χ2v) is 5.25. The first kappa shape index (κ1) is 13.8. The molecule has 1 fully saturated rings. The van der Waals surface area contributed by atoms with Crippen LogP contribution in [0.5, 0.6) is 0 Å². The Hall–Kier alpha value is -1.26. The molecule has 0 radical (unpaired) electrons. The molecule has 5 heteroatoms. The number of ether oxygens (including phenoxy) is 2. The van der Waals surface area contributed by atoms with Crippen molar-refractivity contribution in [2.24, 2.45) is 0 Å². The third-order valence-corrected chi connectivity index (χ3v) is 2.64. The molecule has 98 valence electrons. The van der Waals surface area contributed by atoms with E-state index in [2.05, 4.69) is 4.74 Å². The highest BCUT2D eigenvalue weighted by Gasteiger charge is 2.33. The molecule has 0 bridgehead atoms. The van der Waals surface area contributed by atoms with Gasteiger partial charge in [-0.05, 0) is 33.6 Å². The Kier molecular flexibility index (Phi) is 4.37. The van der Waals surface area contributed by atoms with Gasteiger partial charge < -0.3 is 14.4 Å². The van der Waals surface area contributed by atoms with Crippen molar-refractivity contribution in [3.8, 4) is 0 Å². The van der Waals surface area contributed by atoms with Crippen LogP contribution in [-0.2, 0) is 14.3 Å². The molecule has 5 nitrogen and oxygen atoms in total. The first-order valence-electron chi connectivity index (χ1n) is 5.90. The lowest BCUT2D eigenvalue weighted by atomic mass is 10.1. The summed E-state index contributed by atoms with van der Waals surface area (Å²) in [4.78, 5) is 24.7. The molecule has 0 aromatic rings.